The molecule has 0 aliphatic heterocycles. The first-order chi connectivity index (χ1) is 5.43. The normalized spacial score (nSPS) is 14.1. The number of carbonyl (C=O) groups is 1. The predicted molar refractivity (Wildman–Crippen MR) is 50.7 cm³/mol. The SMILES string of the molecule is CCOC(=O)C(CC)C(Cl)(Cl)Cl. The van der Waals surface area contributed by atoms with Crippen LogP contribution in [0.25, 0.3) is 0 Å². The molecule has 72 valence electrons. The number of esters is 1. The van der Waals surface area contributed by atoms with Crippen LogP contribution in [0.3, 0.4) is 0 Å². The number of halogens is 3. The van der Waals surface area contributed by atoms with Gasteiger partial charge in [-0.3, -0.25) is 4.79 Å². The molecule has 0 saturated heterocycles. The molecule has 0 heterocycles. The van der Waals surface area contributed by atoms with Gasteiger partial charge in [-0.1, -0.05) is 41.7 Å². The predicted octanol–water partition coefficient (Wildman–Crippen LogP) is 2.95. The van der Waals surface area contributed by atoms with Crippen LogP contribution in [0, 0.1) is 5.92 Å². The lowest BCUT2D eigenvalue weighted by molar-refractivity contribution is -0.147. The highest BCUT2D eigenvalue weighted by molar-refractivity contribution is 6.68. The molecule has 0 rings (SSSR count). The molecule has 0 aliphatic carbocycles. The van der Waals surface area contributed by atoms with Crippen LogP contribution in [0.4, 0.5) is 0 Å². The van der Waals surface area contributed by atoms with Crippen molar-refractivity contribution in [3.8, 4) is 0 Å². The molecule has 0 radical (unpaired) electrons. The van der Waals surface area contributed by atoms with Crippen LogP contribution in [0.5, 0.6) is 0 Å². The molecule has 0 saturated carbocycles. The van der Waals surface area contributed by atoms with Crippen LogP contribution in [0.1, 0.15) is 20.3 Å². The van der Waals surface area contributed by atoms with Crippen molar-refractivity contribution in [2.45, 2.75) is 24.1 Å². The van der Waals surface area contributed by atoms with Crippen LogP contribution in [-0.2, 0) is 9.53 Å². The zero-order chi connectivity index (χ0) is 9.78. The first-order valence-corrected chi connectivity index (χ1v) is 4.80. The fraction of sp³-hybridized carbons (Fsp3) is 0.857. The van der Waals surface area contributed by atoms with Gasteiger partial charge >= 0.3 is 5.97 Å². The Morgan fingerprint density at radius 2 is 1.92 bits per heavy atom. The average molecular weight is 234 g/mol. The highest BCUT2D eigenvalue weighted by atomic mass is 35.6. The molecule has 2 nitrogen and oxygen atoms in total. The smallest absolute Gasteiger partial charge is 0.313 e. The molecule has 0 bridgehead atoms. The van der Waals surface area contributed by atoms with Crippen molar-refractivity contribution in [3.63, 3.8) is 0 Å². The van der Waals surface area contributed by atoms with Crippen molar-refractivity contribution in [2.24, 2.45) is 5.92 Å². The monoisotopic (exact) mass is 232 g/mol. The second kappa shape index (κ2) is 5.15. The quantitative estimate of drug-likeness (QED) is 0.553. The van der Waals surface area contributed by atoms with Gasteiger partial charge in [-0.2, -0.15) is 0 Å². The van der Waals surface area contributed by atoms with E-state index >= 15 is 0 Å². The van der Waals surface area contributed by atoms with Crippen molar-refractivity contribution in [1.82, 2.24) is 0 Å². The largest absolute Gasteiger partial charge is 0.466 e. The van der Waals surface area contributed by atoms with Gasteiger partial charge in [0.1, 0.15) is 5.92 Å². The number of carbonyl (C=O) groups excluding carboxylic acids is 1. The van der Waals surface area contributed by atoms with E-state index in [1.54, 1.807) is 13.8 Å². The Kier molecular flexibility index (Phi) is 5.30. The average Bonchev–Trinajstić information content (AvgIpc) is 1.85. The molecule has 0 N–H and O–H groups in total. The van der Waals surface area contributed by atoms with Crippen molar-refractivity contribution in [3.05, 3.63) is 0 Å². The van der Waals surface area contributed by atoms with Gasteiger partial charge in [0.2, 0.25) is 3.79 Å². The minimum Gasteiger partial charge on any atom is -0.466 e. The van der Waals surface area contributed by atoms with E-state index in [1.165, 1.54) is 0 Å². The van der Waals surface area contributed by atoms with Gasteiger partial charge in [-0.05, 0) is 13.3 Å². The third-order valence-electron chi connectivity index (χ3n) is 1.37. The van der Waals surface area contributed by atoms with Crippen molar-refractivity contribution in [1.29, 1.82) is 0 Å². The lowest BCUT2D eigenvalue weighted by Crippen LogP contribution is -2.29. The summed E-state index contributed by atoms with van der Waals surface area (Å²) in [6.45, 7) is 3.78. The molecule has 0 aromatic rings. The third kappa shape index (κ3) is 3.83. The number of rotatable bonds is 3. The van der Waals surface area contributed by atoms with E-state index in [1.807, 2.05) is 0 Å². The van der Waals surface area contributed by atoms with Crippen LogP contribution in [0.15, 0.2) is 0 Å². The third-order valence-corrected chi connectivity index (χ3v) is 2.16. The zero-order valence-electron chi connectivity index (χ0n) is 6.94. The van der Waals surface area contributed by atoms with Gasteiger partial charge in [0.05, 0.1) is 6.61 Å². The Balaban J connectivity index is 4.25. The summed E-state index contributed by atoms with van der Waals surface area (Å²) >= 11 is 16.7. The van der Waals surface area contributed by atoms with Crippen molar-refractivity contribution >= 4 is 40.8 Å². The van der Waals surface area contributed by atoms with Gasteiger partial charge in [0.15, 0.2) is 0 Å². The molecule has 0 aliphatic rings. The zero-order valence-corrected chi connectivity index (χ0v) is 9.21. The Hall–Kier alpha value is 0.340. The maximum atomic E-state index is 11.1. The second-order valence-electron chi connectivity index (χ2n) is 2.25. The Bertz CT molecular complexity index is 153. The van der Waals surface area contributed by atoms with Crippen LogP contribution >= 0.6 is 34.8 Å². The van der Waals surface area contributed by atoms with Gasteiger partial charge in [0.25, 0.3) is 0 Å². The summed E-state index contributed by atoms with van der Waals surface area (Å²) < 4.78 is 3.16. The number of alkyl halides is 3. The standard InChI is InChI=1S/C7H11Cl3O2/c1-3-5(7(8,9)10)6(11)12-4-2/h5H,3-4H2,1-2H3. The van der Waals surface area contributed by atoms with E-state index < -0.39 is 15.7 Å². The van der Waals surface area contributed by atoms with E-state index in [4.69, 9.17) is 39.5 Å². The summed E-state index contributed by atoms with van der Waals surface area (Å²) in [5.41, 5.74) is 0. The lowest BCUT2D eigenvalue weighted by atomic mass is 10.1. The summed E-state index contributed by atoms with van der Waals surface area (Å²) in [5, 5.41) is 0. The van der Waals surface area contributed by atoms with E-state index in [-0.39, 0.29) is 0 Å². The maximum Gasteiger partial charge on any atom is 0.313 e. The first kappa shape index (κ1) is 12.3. The van der Waals surface area contributed by atoms with Gasteiger partial charge < -0.3 is 4.74 Å². The number of hydrogen-bond donors (Lipinski definition) is 0. The summed E-state index contributed by atoms with van der Waals surface area (Å²) in [6, 6.07) is 0. The van der Waals surface area contributed by atoms with Crippen LogP contribution < -0.4 is 0 Å². The van der Waals surface area contributed by atoms with Crippen molar-refractivity contribution in [2.75, 3.05) is 6.61 Å². The molecule has 0 spiro atoms. The molecular formula is C7H11Cl3O2. The molecule has 1 unspecified atom stereocenters. The number of ether oxygens (including phenoxy) is 1. The first-order valence-electron chi connectivity index (χ1n) is 3.66. The highest BCUT2D eigenvalue weighted by Crippen LogP contribution is 2.37. The Labute approximate surface area is 87.1 Å². The molecule has 12 heavy (non-hydrogen) atoms. The molecule has 0 aromatic carbocycles. The summed E-state index contributed by atoms with van der Waals surface area (Å²) in [4.78, 5) is 11.1. The summed E-state index contributed by atoms with van der Waals surface area (Å²) in [5.74, 6) is -1.14. The van der Waals surface area contributed by atoms with Gasteiger partial charge in [0, 0.05) is 0 Å². The van der Waals surface area contributed by atoms with Gasteiger partial charge in [-0.25, -0.2) is 0 Å². The molecule has 5 heteroatoms. The highest BCUT2D eigenvalue weighted by Gasteiger charge is 2.37. The molecule has 0 fully saturated rings. The van der Waals surface area contributed by atoms with E-state index in [0.717, 1.165) is 0 Å². The molecular weight excluding hydrogens is 222 g/mol. The summed E-state index contributed by atoms with van der Waals surface area (Å²) in [7, 11) is 0. The fourth-order valence-corrected chi connectivity index (χ4v) is 1.50. The van der Waals surface area contributed by atoms with E-state index in [0.29, 0.717) is 13.0 Å². The summed E-state index contributed by atoms with van der Waals surface area (Å²) in [6.07, 6.45) is 0.454. The minimum atomic E-state index is -1.57. The molecule has 0 amide bonds. The van der Waals surface area contributed by atoms with Crippen molar-refractivity contribution < 1.29 is 9.53 Å². The fourth-order valence-electron chi connectivity index (χ4n) is 0.775. The minimum absolute atomic E-state index is 0.302. The van der Waals surface area contributed by atoms with Crippen LogP contribution in [0.2, 0.25) is 0 Å². The van der Waals surface area contributed by atoms with Gasteiger partial charge in [-0.15, -0.1) is 0 Å². The second-order valence-corrected chi connectivity index (χ2v) is 4.62. The number of hydrogen-bond acceptors (Lipinski definition) is 2. The maximum absolute atomic E-state index is 11.1. The lowest BCUT2D eigenvalue weighted by Gasteiger charge is -2.20. The molecule has 0 aromatic heterocycles. The topological polar surface area (TPSA) is 26.3 Å². The van der Waals surface area contributed by atoms with E-state index in [2.05, 4.69) is 0 Å². The van der Waals surface area contributed by atoms with Crippen LogP contribution in [-0.4, -0.2) is 16.4 Å². The Morgan fingerprint density at radius 1 is 1.42 bits per heavy atom. The van der Waals surface area contributed by atoms with E-state index in [9.17, 15) is 4.79 Å². The Morgan fingerprint density at radius 3 is 2.17 bits per heavy atom. The molecule has 1 atom stereocenters.